The van der Waals surface area contributed by atoms with Gasteiger partial charge in [0, 0.05) is 11.6 Å². The van der Waals surface area contributed by atoms with E-state index >= 15 is 0 Å². The van der Waals surface area contributed by atoms with Crippen LogP contribution in [0.15, 0.2) is 75.6 Å². The van der Waals surface area contributed by atoms with E-state index in [0.717, 1.165) is 17.3 Å². The molecule has 118 valence electrons. The molecule has 0 saturated carbocycles. The van der Waals surface area contributed by atoms with Crippen LogP contribution >= 0.6 is 11.8 Å². The summed E-state index contributed by atoms with van der Waals surface area (Å²) in [5.41, 5.74) is 1.39. The number of nitrogens with zero attached hydrogens (tertiary/aromatic N) is 4. The Hall–Kier alpha value is -3.13. The number of oxazole rings is 1. The lowest BCUT2D eigenvalue weighted by molar-refractivity contribution is -0.393. The molecule has 3 aromatic heterocycles. The third-order valence-electron chi connectivity index (χ3n) is 3.37. The van der Waals surface area contributed by atoms with E-state index in [2.05, 4.69) is 9.97 Å². The van der Waals surface area contributed by atoms with Crippen LogP contribution in [0, 0.1) is 10.1 Å². The number of rotatable bonds is 4. The number of fused-ring (bicyclic) bond motifs is 1. The van der Waals surface area contributed by atoms with Crippen molar-refractivity contribution in [1.82, 2.24) is 14.4 Å². The maximum Gasteiger partial charge on any atom is 0.362 e. The molecular formula is C16H10N4O3S. The van der Waals surface area contributed by atoms with Crippen molar-refractivity contribution < 1.29 is 9.34 Å². The minimum Gasteiger partial charge on any atom is -0.431 e. The molecule has 0 atom stereocenters. The van der Waals surface area contributed by atoms with Gasteiger partial charge in [-0.05, 0) is 22.8 Å². The van der Waals surface area contributed by atoms with Crippen LogP contribution in [-0.2, 0) is 0 Å². The Morgan fingerprint density at radius 2 is 1.92 bits per heavy atom. The zero-order valence-corrected chi connectivity index (χ0v) is 13.0. The predicted octanol–water partition coefficient (Wildman–Crippen LogP) is 4.05. The maximum absolute atomic E-state index is 11.4. The molecule has 0 unspecified atom stereocenters. The van der Waals surface area contributed by atoms with Gasteiger partial charge in [-0.2, -0.15) is 9.38 Å². The highest BCUT2D eigenvalue weighted by Gasteiger charge is 2.24. The molecule has 0 N–H and O–H groups in total. The zero-order chi connectivity index (χ0) is 16.5. The lowest BCUT2D eigenvalue weighted by atomic mass is 10.2. The Balaban J connectivity index is 1.71. The highest BCUT2D eigenvalue weighted by Crippen LogP contribution is 2.35. The van der Waals surface area contributed by atoms with Gasteiger partial charge in [-0.25, -0.2) is 4.98 Å². The van der Waals surface area contributed by atoms with Gasteiger partial charge < -0.3 is 14.5 Å². The van der Waals surface area contributed by atoms with Crippen molar-refractivity contribution in [3.63, 3.8) is 0 Å². The molecule has 7 nitrogen and oxygen atoms in total. The van der Waals surface area contributed by atoms with E-state index in [-0.39, 0.29) is 10.8 Å². The Morgan fingerprint density at radius 3 is 2.71 bits per heavy atom. The fourth-order valence-electron chi connectivity index (χ4n) is 2.32. The first-order valence-corrected chi connectivity index (χ1v) is 7.84. The molecule has 4 aromatic rings. The van der Waals surface area contributed by atoms with Crippen LogP contribution in [0.3, 0.4) is 0 Å². The fraction of sp³-hybridized carbons (Fsp3) is 0. The molecule has 0 bridgehead atoms. The Kier molecular flexibility index (Phi) is 3.51. The summed E-state index contributed by atoms with van der Waals surface area (Å²) in [7, 11) is 0. The van der Waals surface area contributed by atoms with Gasteiger partial charge in [0.25, 0.3) is 5.22 Å². The van der Waals surface area contributed by atoms with Crippen LogP contribution in [0.1, 0.15) is 0 Å². The Bertz CT molecular complexity index is 1030. The lowest BCUT2D eigenvalue weighted by Crippen LogP contribution is -1.94. The van der Waals surface area contributed by atoms with E-state index in [9.17, 15) is 10.1 Å². The van der Waals surface area contributed by atoms with Crippen LogP contribution in [0.2, 0.25) is 0 Å². The van der Waals surface area contributed by atoms with Crippen molar-refractivity contribution in [3.05, 3.63) is 71.0 Å². The molecule has 24 heavy (non-hydrogen) atoms. The van der Waals surface area contributed by atoms with Crippen molar-refractivity contribution >= 4 is 23.2 Å². The molecule has 3 heterocycles. The summed E-state index contributed by atoms with van der Waals surface area (Å²) in [5, 5.41) is 11.9. The van der Waals surface area contributed by atoms with Crippen molar-refractivity contribution in [3.8, 4) is 11.3 Å². The van der Waals surface area contributed by atoms with Gasteiger partial charge in [0.2, 0.25) is 10.7 Å². The summed E-state index contributed by atoms with van der Waals surface area (Å²) in [6.07, 6.45) is 3.20. The van der Waals surface area contributed by atoms with Gasteiger partial charge >= 0.3 is 5.82 Å². The van der Waals surface area contributed by atoms with Gasteiger partial charge in [0.15, 0.2) is 5.76 Å². The lowest BCUT2D eigenvalue weighted by Gasteiger charge is -1.96. The van der Waals surface area contributed by atoms with E-state index < -0.39 is 4.92 Å². The number of hydrogen-bond acceptors (Lipinski definition) is 6. The largest absolute Gasteiger partial charge is 0.431 e. The summed E-state index contributed by atoms with van der Waals surface area (Å²) in [6, 6.07) is 14.7. The molecule has 0 aliphatic carbocycles. The second kappa shape index (κ2) is 5.82. The van der Waals surface area contributed by atoms with E-state index in [0.29, 0.717) is 16.6 Å². The van der Waals surface area contributed by atoms with Crippen LogP contribution in [0.25, 0.3) is 17.0 Å². The Morgan fingerprint density at radius 1 is 1.12 bits per heavy atom. The maximum atomic E-state index is 11.4. The molecular weight excluding hydrogens is 328 g/mol. The molecule has 0 spiro atoms. The number of aromatic nitrogens is 3. The molecule has 0 aliphatic rings. The minimum atomic E-state index is -0.455. The molecule has 1 aromatic carbocycles. The highest BCUT2D eigenvalue weighted by atomic mass is 32.2. The third-order valence-corrected chi connectivity index (χ3v) is 4.20. The molecule has 0 radical (unpaired) electrons. The van der Waals surface area contributed by atoms with Crippen molar-refractivity contribution in [1.29, 1.82) is 0 Å². The van der Waals surface area contributed by atoms with Crippen molar-refractivity contribution in [2.75, 3.05) is 0 Å². The standard InChI is InChI=1S/C16H10N4O3S/c21-20(22)15-14(18-13-8-4-5-9-19(13)15)24-16-17-10-12(23-16)11-6-2-1-3-7-11/h1-10H. The summed E-state index contributed by atoms with van der Waals surface area (Å²) < 4.78 is 7.12. The van der Waals surface area contributed by atoms with Crippen LogP contribution in [0.4, 0.5) is 5.82 Å². The SMILES string of the molecule is O=[N+]([O-])c1c(Sc2ncc(-c3ccccc3)o2)nc2ccccn12. The molecule has 0 fully saturated rings. The minimum absolute atomic E-state index is 0.102. The van der Waals surface area contributed by atoms with Gasteiger partial charge in [-0.15, -0.1) is 0 Å². The Labute approximate surface area is 140 Å². The molecule has 0 saturated heterocycles. The van der Waals surface area contributed by atoms with Gasteiger partial charge in [0.1, 0.15) is 0 Å². The van der Waals surface area contributed by atoms with Crippen molar-refractivity contribution in [2.24, 2.45) is 0 Å². The second-order valence-electron chi connectivity index (χ2n) is 4.89. The van der Waals surface area contributed by atoms with Crippen LogP contribution < -0.4 is 0 Å². The molecule has 4 rings (SSSR count). The first kappa shape index (κ1) is 14.5. The summed E-state index contributed by atoms with van der Waals surface area (Å²) >= 11 is 1.03. The average molecular weight is 338 g/mol. The second-order valence-corrected chi connectivity index (χ2v) is 5.83. The quantitative estimate of drug-likeness (QED) is 0.412. The summed E-state index contributed by atoms with van der Waals surface area (Å²) in [6.45, 7) is 0. The van der Waals surface area contributed by atoms with Crippen molar-refractivity contribution in [2.45, 2.75) is 10.2 Å². The normalized spacial score (nSPS) is 11.0. The number of benzene rings is 1. The van der Waals surface area contributed by atoms with Gasteiger partial charge in [0.05, 0.1) is 12.4 Å². The van der Waals surface area contributed by atoms with E-state index in [1.54, 1.807) is 30.6 Å². The topological polar surface area (TPSA) is 86.5 Å². The van der Waals surface area contributed by atoms with Gasteiger partial charge in [-0.1, -0.05) is 36.4 Å². The van der Waals surface area contributed by atoms with Crippen LogP contribution in [-0.4, -0.2) is 19.3 Å². The van der Waals surface area contributed by atoms with E-state index in [4.69, 9.17) is 4.42 Å². The fourth-order valence-corrected chi connectivity index (χ4v) is 3.13. The van der Waals surface area contributed by atoms with E-state index in [1.165, 1.54) is 4.40 Å². The number of pyridine rings is 1. The first-order chi connectivity index (χ1) is 11.7. The number of nitro groups is 1. The number of hydrogen-bond donors (Lipinski definition) is 0. The number of imidazole rings is 1. The summed E-state index contributed by atoms with van der Waals surface area (Å²) in [5.74, 6) is 0.500. The average Bonchev–Trinajstić information content (AvgIpc) is 3.20. The smallest absolute Gasteiger partial charge is 0.362 e. The predicted molar refractivity (Wildman–Crippen MR) is 87.9 cm³/mol. The van der Waals surface area contributed by atoms with Crippen LogP contribution in [0.5, 0.6) is 0 Å². The first-order valence-electron chi connectivity index (χ1n) is 7.03. The highest BCUT2D eigenvalue weighted by molar-refractivity contribution is 7.99. The van der Waals surface area contributed by atoms with Gasteiger partial charge in [-0.3, -0.25) is 0 Å². The summed E-state index contributed by atoms with van der Waals surface area (Å²) in [4.78, 5) is 19.4. The monoisotopic (exact) mass is 338 g/mol. The molecule has 8 heteroatoms. The van der Waals surface area contributed by atoms with E-state index in [1.807, 2.05) is 30.3 Å². The molecule has 0 aliphatic heterocycles. The third kappa shape index (κ3) is 2.52. The molecule has 0 amide bonds. The zero-order valence-electron chi connectivity index (χ0n) is 12.2.